The Kier molecular flexibility index (Phi) is 4.25. The van der Waals surface area contributed by atoms with Gasteiger partial charge in [0.1, 0.15) is 16.7 Å². The van der Waals surface area contributed by atoms with Crippen molar-refractivity contribution in [3.63, 3.8) is 0 Å². The largest absolute Gasteiger partial charge is 0.301 e. The number of aromatic amines is 1. The van der Waals surface area contributed by atoms with Crippen LogP contribution in [0.3, 0.4) is 0 Å². The number of H-pyrrole nitrogens is 1. The van der Waals surface area contributed by atoms with E-state index in [0.717, 1.165) is 18.5 Å². The normalized spacial score (nSPS) is 10.5. The number of nitrogens with zero attached hydrogens (tertiary/aromatic N) is 4. The quantitative estimate of drug-likeness (QED) is 0.867. The monoisotopic (exact) mass is 289 g/mol. The van der Waals surface area contributed by atoms with Gasteiger partial charge in [-0.15, -0.1) is 0 Å². The highest BCUT2D eigenvalue weighted by molar-refractivity contribution is 7.99. The first kappa shape index (κ1) is 14.3. The number of hydrogen-bond acceptors (Lipinski definition) is 5. The second-order valence-electron chi connectivity index (χ2n) is 4.39. The molecule has 20 heavy (non-hydrogen) atoms. The van der Waals surface area contributed by atoms with Gasteiger partial charge >= 0.3 is 0 Å². The average molecular weight is 289 g/mol. The van der Waals surface area contributed by atoms with Crippen LogP contribution in [0.5, 0.6) is 0 Å². The summed E-state index contributed by atoms with van der Waals surface area (Å²) in [6.45, 7) is 3.82. The Morgan fingerprint density at radius 2 is 2.30 bits per heavy atom. The molecule has 0 aliphatic carbocycles. The first-order chi connectivity index (χ1) is 9.55. The minimum absolute atomic E-state index is 0.177. The van der Waals surface area contributed by atoms with Crippen molar-refractivity contribution in [3.8, 4) is 6.07 Å². The molecule has 0 saturated heterocycles. The molecular weight excluding hydrogens is 274 g/mol. The van der Waals surface area contributed by atoms with E-state index in [1.54, 1.807) is 18.7 Å². The van der Waals surface area contributed by atoms with E-state index in [4.69, 9.17) is 0 Å². The summed E-state index contributed by atoms with van der Waals surface area (Å²) < 4.78 is 1.63. The predicted octanol–water partition coefficient (Wildman–Crippen LogP) is 1.79. The van der Waals surface area contributed by atoms with Crippen LogP contribution in [0.2, 0.25) is 0 Å². The lowest BCUT2D eigenvalue weighted by Crippen LogP contribution is -2.10. The van der Waals surface area contributed by atoms with E-state index in [-0.39, 0.29) is 5.56 Å². The van der Waals surface area contributed by atoms with Crippen LogP contribution < -0.4 is 5.56 Å². The summed E-state index contributed by atoms with van der Waals surface area (Å²) in [5, 5.41) is 14.6. The van der Waals surface area contributed by atoms with E-state index in [2.05, 4.69) is 21.1 Å². The summed E-state index contributed by atoms with van der Waals surface area (Å²) in [5.41, 5.74) is 1.77. The molecule has 1 N–H and O–H groups in total. The van der Waals surface area contributed by atoms with E-state index in [9.17, 15) is 10.1 Å². The second-order valence-corrected chi connectivity index (χ2v) is 5.37. The Hall–Kier alpha value is -2.07. The summed E-state index contributed by atoms with van der Waals surface area (Å²) in [7, 11) is 1.77. The van der Waals surface area contributed by atoms with Crippen molar-refractivity contribution in [1.82, 2.24) is 19.7 Å². The van der Waals surface area contributed by atoms with Crippen molar-refractivity contribution in [1.29, 1.82) is 5.26 Å². The SMILES string of the molecule is CCCc1cc(=O)[nH]c(Sc2c(C#N)c(C)nn2C)n1. The lowest BCUT2D eigenvalue weighted by molar-refractivity contribution is 0.689. The molecule has 0 bridgehead atoms. The molecule has 0 radical (unpaired) electrons. The lowest BCUT2D eigenvalue weighted by atomic mass is 10.2. The van der Waals surface area contributed by atoms with Gasteiger partial charge in [-0.1, -0.05) is 13.3 Å². The number of aryl methyl sites for hydroxylation is 3. The van der Waals surface area contributed by atoms with Crippen molar-refractivity contribution in [2.45, 2.75) is 36.9 Å². The van der Waals surface area contributed by atoms with Crippen LogP contribution in [0.15, 0.2) is 21.0 Å². The highest BCUT2D eigenvalue weighted by atomic mass is 32.2. The molecule has 0 aliphatic rings. The molecule has 2 aromatic rings. The fraction of sp³-hybridized carbons (Fsp3) is 0.385. The first-order valence-corrected chi connectivity index (χ1v) is 7.08. The smallest absolute Gasteiger partial charge is 0.251 e. The standard InChI is InChI=1S/C13H15N5OS/c1-4-5-9-6-11(19)16-13(15-9)20-12-10(7-14)8(2)17-18(12)3/h6H,4-5H2,1-3H3,(H,15,16,19). The van der Waals surface area contributed by atoms with E-state index in [0.29, 0.717) is 21.4 Å². The van der Waals surface area contributed by atoms with E-state index >= 15 is 0 Å². The van der Waals surface area contributed by atoms with Crippen LogP contribution in [-0.2, 0) is 13.5 Å². The molecule has 2 rings (SSSR count). The van der Waals surface area contributed by atoms with E-state index in [1.807, 2.05) is 6.92 Å². The highest BCUT2D eigenvalue weighted by Crippen LogP contribution is 2.28. The zero-order valence-electron chi connectivity index (χ0n) is 11.6. The Bertz CT molecular complexity index is 725. The molecule has 0 saturated carbocycles. The number of hydrogen-bond donors (Lipinski definition) is 1. The van der Waals surface area contributed by atoms with Crippen molar-refractivity contribution >= 4 is 11.8 Å². The van der Waals surface area contributed by atoms with Gasteiger partial charge in [-0.2, -0.15) is 10.4 Å². The van der Waals surface area contributed by atoms with Crippen LogP contribution in [0, 0.1) is 18.3 Å². The first-order valence-electron chi connectivity index (χ1n) is 6.27. The maximum Gasteiger partial charge on any atom is 0.251 e. The average Bonchev–Trinajstić information content (AvgIpc) is 2.63. The molecule has 7 heteroatoms. The van der Waals surface area contributed by atoms with E-state index in [1.165, 1.54) is 17.8 Å². The van der Waals surface area contributed by atoms with Gasteiger partial charge in [0.15, 0.2) is 5.16 Å². The fourth-order valence-electron chi connectivity index (χ4n) is 1.89. The van der Waals surface area contributed by atoms with Gasteiger partial charge in [-0.25, -0.2) is 4.98 Å². The summed E-state index contributed by atoms with van der Waals surface area (Å²) in [4.78, 5) is 18.7. The van der Waals surface area contributed by atoms with Crippen LogP contribution in [0.1, 0.15) is 30.3 Å². The van der Waals surface area contributed by atoms with Gasteiger partial charge in [0.05, 0.1) is 5.69 Å². The van der Waals surface area contributed by atoms with Crippen LogP contribution in [0.4, 0.5) is 0 Å². The molecule has 2 aromatic heterocycles. The second kappa shape index (κ2) is 5.92. The van der Waals surface area contributed by atoms with Crippen molar-refractivity contribution in [2.24, 2.45) is 7.05 Å². The molecule has 0 fully saturated rings. The number of aromatic nitrogens is 4. The molecule has 2 heterocycles. The maximum absolute atomic E-state index is 11.6. The Balaban J connectivity index is 2.40. The molecule has 0 amide bonds. The van der Waals surface area contributed by atoms with Gasteiger partial charge in [-0.3, -0.25) is 9.48 Å². The summed E-state index contributed by atoms with van der Waals surface area (Å²) in [5.74, 6) is 0. The lowest BCUT2D eigenvalue weighted by Gasteiger charge is -2.04. The van der Waals surface area contributed by atoms with Gasteiger partial charge in [-0.05, 0) is 25.1 Å². The van der Waals surface area contributed by atoms with Crippen LogP contribution in [-0.4, -0.2) is 19.7 Å². The fourth-order valence-corrected chi connectivity index (χ4v) is 2.86. The predicted molar refractivity (Wildman–Crippen MR) is 75.6 cm³/mol. The van der Waals surface area contributed by atoms with Gasteiger partial charge < -0.3 is 4.98 Å². The third-order valence-corrected chi connectivity index (χ3v) is 3.80. The van der Waals surface area contributed by atoms with Gasteiger partial charge in [0.25, 0.3) is 5.56 Å². The summed E-state index contributed by atoms with van der Waals surface area (Å²) in [6, 6.07) is 3.64. The Labute approximate surface area is 120 Å². The molecule has 0 spiro atoms. The number of nitrogens with one attached hydrogen (secondary N) is 1. The van der Waals surface area contributed by atoms with Crippen molar-refractivity contribution in [3.05, 3.63) is 33.4 Å². The maximum atomic E-state index is 11.6. The molecular formula is C13H15N5OS. The minimum atomic E-state index is -0.177. The van der Waals surface area contributed by atoms with E-state index < -0.39 is 0 Å². The van der Waals surface area contributed by atoms with Crippen LogP contribution >= 0.6 is 11.8 Å². The number of rotatable bonds is 4. The Morgan fingerprint density at radius 1 is 1.55 bits per heavy atom. The Morgan fingerprint density at radius 3 is 2.95 bits per heavy atom. The summed E-state index contributed by atoms with van der Waals surface area (Å²) >= 11 is 1.25. The van der Waals surface area contributed by atoms with Crippen molar-refractivity contribution < 1.29 is 0 Å². The topological polar surface area (TPSA) is 87.4 Å². The number of nitriles is 1. The van der Waals surface area contributed by atoms with Gasteiger partial charge in [0.2, 0.25) is 0 Å². The molecule has 0 unspecified atom stereocenters. The highest BCUT2D eigenvalue weighted by Gasteiger charge is 2.15. The molecule has 0 aliphatic heterocycles. The minimum Gasteiger partial charge on any atom is -0.301 e. The molecule has 6 nitrogen and oxygen atoms in total. The molecule has 104 valence electrons. The molecule has 0 aromatic carbocycles. The zero-order chi connectivity index (χ0) is 14.7. The third-order valence-electron chi connectivity index (χ3n) is 2.75. The van der Waals surface area contributed by atoms with Crippen molar-refractivity contribution in [2.75, 3.05) is 0 Å². The van der Waals surface area contributed by atoms with Crippen LogP contribution in [0.25, 0.3) is 0 Å². The van der Waals surface area contributed by atoms with Gasteiger partial charge in [0, 0.05) is 18.8 Å². The molecule has 0 atom stereocenters. The zero-order valence-corrected chi connectivity index (χ0v) is 12.4. The summed E-state index contributed by atoms with van der Waals surface area (Å²) in [6.07, 6.45) is 1.68. The third kappa shape index (κ3) is 2.91.